The third-order valence-corrected chi connectivity index (χ3v) is 5.08. The van der Waals surface area contributed by atoms with Gasteiger partial charge in [0.05, 0.1) is 0 Å². The number of carbonyl (C=O) groups excluding carboxylic acids is 3. The van der Waals surface area contributed by atoms with Gasteiger partial charge >= 0.3 is 6.03 Å². The van der Waals surface area contributed by atoms with Crippen LogP contribution in [-0.2, 0) is 9.59 Å². The summed E-state index contributed by atoms with van der Waals surface area (Å²) < 4.78 is 0. The van der Waals surface area contributed by atoms with Crippen molar-refractivity contribution < 1.29 is 14.4 Å². The maximum absolute atomic E-state index is 12.5. The number of hydrogen-bond acceptors (Lipinski definition) is 5. The van der Waals surface area contributed by atoms with Gasteiger partial charge in [-0.3, -0.25) is 9.59 Å². The van der Waals surface area contributed by atoms with Gasteiger partial charge in [0.1, 0.15) is 6.04 Å². The summed E-state index contributed by atoms with van der Waals surface area (Å²) in [6, 6.07) is -0.406. The third-order valence-electron chi connectivity index (χ3n) is 4.11. The summed E-state index contributed by atoms with van der Waals surface area (Å²) >= 11 is 1.39. The van der Waals surface area contributed by atoms with Gasteiger partial charge in [-0.05, 0) is 13.8 Å². The van der Waals surface area contributed by atoms with Crippen LogP contribution in [0.3, 0.4) is 0 Å². The van der Waals surface area contributed by atoms with Gasteiger partial charge < -0.3 is 20.0 Å². The Morgan fingerprint density at radius 2 is 1.75 bits per heavy atom. The van der Waals surface area contributed by atoms with Gasteiger partial charge in [0, 0.05) is 51.9 Å². The lowest BCUT2D eigenvalue weighted by molar-refractivity contribution is -0.133. The maximum atomic E-state index is 12.5. The van der Waals surface area contributed by atoms with E-state index in [0.29, 0.717) is 50.2 Å². The number of hydrogen-bond donors (Lipinski definition) is 1. The zero-order valence-corrected chi connectivity index (χ0v) is 15.3. The molecular weight excluding hydrogens is 330 g/mol. The van der Waals surface area contributed by atoms with Gasteiger partial charge in [-0.1, -0.05) is 11.8 Å². The molecule has 134 valence electrons. The maximum Gasteiger partial charge on any atom is 0.320 e. The molecule has 0 saturated carbocycles. The van der Waals surface area contributed by atoms with Gasteiger partial charge in [0.15, 0.2) is 5.17 Å². The van der Waals surface area contributed by atoms with E-state index in [9.17, 15) is 14.4 Å². The Kier molecular flexibility index (Phi) is 6.47. The fraction of sp³-hybridized carbons (Fsp3) is 0.733. The first-order valence-electron chi connectivity index (χ1n) is 8.27. The molecule has 0 spiro atoms. The van der Waals surface area contributed by atoms with Crippen LogP contribution in [-0.4, -0.2) is 88.8 Å². The SMILES string of the molecule is CCN(CC)C(=O)N1CCN(C(=O)C2CSC(NC(C)=O)=N2)CC1. The molecule has 0 radical (unpaired) electrons. The van der Waals surface area contributed by atoms with Gasteiger partial charge in [-0.25, -0.2) is 9.79 Å². The number of urea groups is 1. The quantitative estimate of drug-likeness (QED) is 0.784. The van der Waals surface area contributed by atoms with Crippen molar-refractivity contribution in [2.45, 2.75) is 26.8 Å². The summed E-state index contributed by atoms with van der Waals surface area (Å²) in [4.78, 5) is 45.5. The minimum Gasteiger partial charge on any atom is -0.337 e. The van der Waals surface area contributed by atoms with E-state index in [4.69, 9.17) is 0 Å². The minimum absolute atomic E-state index is 0.0298. The molecule has 0 bridgehead atoms. The summed E-state index contributed by atoms with van der Waals surface area (Å²) in [7, 11) is 0. The van der Waals surface area contributed by atoms with Crippen LogP contribution in [0.1, 0.15) is 20.8 Å². The average molecular weight is 355 g/mol. The van der Waals surface area contributed by atoms with Crippen LogP contribution >= 0.6 is 11.8 Å². The number of nitrogens with one attached hydrogen (secondary N) is 1. The number of nitrogens with zero attached hydrogens (tertiary/aromatic N) is 4. The fourth-order valence-electron chi connectivity index (χ4n) is 2.74. The van der Waals surface area contributed by atoms with Crippen LogP contribution in [0.5, 0.6) is 0 Å². The molecule has 0 aromatic rings. The largest absolute Gasteiger partial charge is 0.337 e. The highest BCUT2D eigenvalue weighted by atomic mass is 32.2. The number of piperazine rings is 1. The van der Waals surface area contributed by atoms with Gasteiger partial charge in [0.2, 0.25) is 11.8 Å². The Morgan fingerprint density at radius 3 is 2.29 bits per heavy atom. The lowest BCUT2D eigenvalue weighted by atomic mass is 10.2. The van der Waals surface area contributed by atoms with Gasteiger partial charge in [-0.2, -0.15) is 0 Å². The van der Waals surface area contributed by atoms with E-state index in [1.54, 1.807) is 14.7 Å². The van der Waals surface area contributed by atoms with E-state index in [0.717, 1.165) is 0 Å². The van der Waals surface area contributed by atoms with Crippen molar-refractivity contribution in [3.05, 3.63) is 0 Å². The second-order valence-electron chi connectivity index (χ2n) is 5.71. The van der Waals surface area contributed by atoms with Gasteiger partial charge in [0.25, 0.3) is 0 Å². The molecular formula is C15H25N5O3S. The highest BCUT2D eigenvalue weighted by molar-refractivity contribution is 8.14. The number of rotatable bonds is 3. The second kappa shape index (κ2) is 8.36. The molecule has 2 aliphatic rings. The van der Waals surface area contributed by atoms with Crippen molar-refractivity contribution in [2.24, 2.45) is 4.99 Å². The van der Waals surface area contributed by atoms with Crippen molar-refractivity contribution in [3.8, 4) is 0 Å². The molecule has 9 heteroatoms. The Labute approximate surface area is 146 Å². The average Bonchev–Trinajstić information content (AvgIpc) is 3.03. The zero-order valence-electron chi connectivity index (χ0n) is 14.4. The Morgan fingerprint density at radius 1 is 1.17 bits per heavy atom. The van der Waals surface area contributed by atoms with Crippen LogP contribution < -0.4 is 5.32 Å². The van der Waals surface area contributed by atoms with Crippen LogP contribution in [0.25, 0.3) is 0 Å². The van der Waals surface area contributed by atoms with E-state index in [1.807, 2.05) is 13.8 Å². The van der Waals surface area contributed by atoms with Crippen LogP contribution in [0.2, 0.25) is 0 Å². The molecule has 8 nitrogen and oxygen atoms in total. The van der Waals surface area contributed by atoms with Crippen molar-refractivity contribution in [1.29, 1.82) is 0 Å². The summed E-state index contributed by atoms with van der Waals surface area (Å²) in [5.74, 6) is 0.336. The summed E-state index contributed by atoms with van der Waals surface area (Å²) in [6.45, 7) is 8.86. The van der Waals surface area contributed by atoms with Gasteiger partial charge in [-0.15, -0.1) is 0 Å². The minimum atomic E-state index is -0.443. The van der Waals surface area contributed by atoms with Crippen molar-refractivity contribution >= 4 is 34.8 Å². The molecule has 1 saturated heterocycles. The highest BCUT2D eigenvalue weighted by Gasteiger charge is 2.32. The van der Waals surface area contributed by atoms with Crippen LogP contribution in [0.15, 0.2) is 4.99 Å². The van der Waals surface area contributed by atoms with E-state index in [2.05, 4.69) is 10.3 Å². The molecule has 2 heterocycles. The normalized spacial score (nSPS) is 20.6. The predicted molar refractivity (Wildman–Crippen MR) is 94.0 cm³/mol. The third kappa shape index (κ3) is 4.40. The fourth-order valence-corrected chi connectivity index (χ4v) is 3.69. The Balaban J connectivity index is 1.86. The Hall–Kier alpha value is -1.77. The molecule has 0 aromatic heterocycles. The zero-order chi connectivity index (χ0) is 17.7. The number of thioether (sulfide) groups is 1. The first-order valence-corrected chi connectivity index (χ1v) is 9.25. The van der Waals surface area contributed by atoms with E-state index in [1.165, 1.54) is 18.7 Å². The Bertz CT molecular complexity index is 527. The van der Waals surface area contributed by atoms with Crippen molar-refractivity contribution in [2.75, 3.05) is 45.0 Å². The van der Waals surface area contributed by atoms with Crippen LogP contribution in [0, 0.1) is 0 Å². The first-order chi connectivity index (χ1) is 11.5. The summed E-state index contributed by atoms with van der Waals surface area (Å²) in [6.07, 6.45) is 0. The van der Waals surface area contributed by atoms with Crippen molar-refractivity contribution in [1.82, 2.24) is 20.0 Å². The predicted octanol–water partition coefficient (Wildman–Crippen LogP) is 0.200. The smallest absolute Gasteiger partial charge is 0.320 e. The molecule has 2 aliphatic heterocycles. The molecule has 1 N–H and O–H groups in total. The number of carbonyl (C=O) groups is 3. The number of amides is 4. The molecule has 24 heavy (non-hydrogen) atoms. The molecule has 0 aromatic carbocycles. The molecule has 1 fully saturated rings. The molecule has 2 rings (SSSR count). The van der Waals surface area contributed by atoms with E-state index in [-0.39, 0.29) is 17.8 Å². The standard InChI is InChI=1S/C15H25N5O3S/c1-4-18(5-2)15(23)20-8-6-19(7-9-20)13(22)12-10-24-14(17-12)16-11(3)21/h12H,4-10H2,1-3H3,(H,16,17,21). The summed E-state index contributed by atoms with van der Waals surface area (Å²) in [5.41, 5.74) is 0. The number of aliphatic imine (C=N–C) groups is 1. The molecule has 0 aliphatic carbocycles. The van der Waals surface area contributed by atoms with Crippen molar-refractivity contribution in [3.63, 3.8) is 0 Å². The molecule has 4 amide bonds. The lowest BCUT2D eigenvalue weighted by Crippen LogP contribution is -2.55. The molecule has 1 unspecified atom stereocenters. The van der Waals surface area contributed by atoms with Crippen LogP contribution in [0.4, 0.5) is 4.79 Å². The molecule has 1 atom stereocenters. The topological polar surface area (TPSA) is 85.3 Å². The highest BCUT2D eigenvalue weighted by Crippen LogP contribution is 2.19. The van der Waals surface area contributed by atoms with E-state index < -0.39 is 6.04 Å². The number of amidine groups is 1. The van der Waals surface area contributed by atoms with E-state index >= 15 is 0 Å². The lowest BCUT2D eigenvalue weighted by Gasteiger charge is -2.37. The monoisotopic (exact) mass is 355 g/mol. The summed E-state index contributed by atoms with van der Waals surface area (Å²) in [5, 5.41) is 3.13. The second-order valence-corrected chi connectivity index (χ2v) is 6.72. The first kappa shape index (κ1) is 18.6.